The van der Waals surface area contributed by atoms with E-state index in [4.69, 9.17) is 5.73 Å². The molecule has 0 aromatic carbocycles. The molecule has 1 amide bonds. The Balaban J connectivity index is 2.53. The summed E-state index contributed by atoms with van der Waals surface area (Å²) in [6.07, 6.45) is 0.931. The van der Waals surface area contributed by atoms with E-state index < -0.39 is 0 Å². The third-order valence-corrected chi connectivity index (χ3v) is 2.65. The third kappa shape index (κ3) is 2.67. The van der Waals surface area contributed by atoms with Crippen molar-refractivity contribution in [2.75, 3.05) is 26.2 Å². The van der Waals surface area contributed by atoms with E-state index in [0.29, 0.717) is 13.1 Å². The summed E-state index contributed by atoms with van der Waals surface area (Å²) in [6, 6.07) is 0. The molecule has 1 aliphatic heterocycles. The lowest BCUT2D eigenvalue weighted by molar-refractivity contribution is -0.126. The van der Waals surface area contributed by atoms with Crippen molar-refractivity contribution in [3.63, 3.8) is 0 Å². The fraction of sp³-hybridized carbons (Fsp3) is 0.889. The predicted octanol–water partition coefficient (Wildman–Crippen LogP) is -0.454. The van der Waals surface area contributed by atoms with Crippen molar-refractivity contribution < 1.29 is 4.79 Å². The molecule has 1 heterocycles. The zero-order valence-electron chi connectivity index (χ0n) is 8.47. The lowest BCUT2D eigenvalue weighted by Crippen LogP contribution is -2.56. The number of hydrogen-bond donors (Lipinski definition) is 2. The van der Waals surface area contributed by atoms with E-state index >= 15 is 0 Å². The van der Waals surface area contributed by atoms with Gasteiger partial charge in [-0.05, 0) is 26.8 Å². The molecule has 0 unspecified atom stereocenters. The second-order valence-corrected chi connectivity index (χ2v) is 4.12. The topological polar surface area (TPSA) is 58.4 Å². The second-order valence-electron chi connectivity index (χ2n) is 4.12. The first kappa shape index (κ1) is 10.5. The molecule has 76 valence electrons. The van der Waals surface area contributed by atoms with Gasteiger partial charge in [-0.3, -0.25) is 9.69 Å². The summed E-state index contributed by atoms with van der Waals surface area (Å²) in [5, 5.41) is 2.81. The normalized spacial score (nSPS) is 20.1. The zero-order chi connectivity index (χ0) is 9.90. The summed E-state index contributed by atoms with van der Waals surface area (Å²) >= 11 is 0. The SMILES string of the molecule is CC(C)(CCN)N1CCNC(=O)C1. The van der Waals surface area contributed by atoms with Crippen LogP contribution in [0.25, 0.3) is 0 Å². The number of rotatable bonds is 3. The molecular formula is C9H19N3O. The van der Waals surface area contributed by atoms with Crippen LogP contribution in [-0.4, -0.2) is 42.5 Å². The smallest absolute Gasteiger partial charge is 0.234 e. The molecule has 0 atom stereocenters. The van der Waals surface area contributed by atoms with Gasteiger partial charge in [-0.1, -0.05) is 0 Å². The van der Waals surface area contributed by atoms with E-state index in [-0.39, 0.29) is 11.4 Å². The molecule has 0 aromatic rings. The van der Waals surface area contributed by atoms with Crippen LogP contribution in [0.1, 0.15) is 20.3 Å². The summed E-state index contributed by atoms with van der Waals surface area (Å²) in [5.74, 6) is 0.122. The first-order chi connectivity index (χ1) is 6.06. The van der Waals surface area contributed by atoms with Crippen molar-refractivity contribution >= 4 is 5.91 Å². The van der Waals surface area contributed by atoms with Crippen molar-refractivity contribution in [3.05, 3.63) is 0 Å². The van der Waals surface area contributed by atoms with Crippen LogP contribution in [0.5, 0.6) is 0 Å². The minimum atomic E-state index is 0.0481. The Morgan fingerprint density at radius 1 is 1.62 bits per heavy atom. The van der Waals surface area contributed by atoms with Crippen LogP contribution in [-0.2, 0) is 4.79 Å². The first-order valence-corrected chi connectivity index (χ1v) is 4.78. The maximum Gasteiger partial charge on any atom is 0.234 e. The fourth-order valence-electron chi connectivity index (χ4n) is 1.67. The zero-order valence-corrected chi connectivity index (χ0v) is 8.47. The van der Waals surface area contributed by atoms with Gasteiger partial charge in [-0.25, -0.2) is 0 Å². The van der Waals surface area contributed by atoms with Crippen LogP contribution < -0.4 is 11.1 Å². The molecule has 4 heteroatoms. The van der Waals surface area contributed by atoms with Crippen LogP contribution in [0.15, 0.2) is 0 Å². The average molecular weight is 185 g/mol. The molecule has 0 spiro atoms. The van der Waals surface area contributed by atoms with Crippen molar-refractivity contribution in [1.82, 2.24) is 10.2 Å². The molecule has 1 saturated heterocycles. The molecule has 1 fully saturated rings. The highest BCUT2D eigenvalue weighted by atomic mass is 16.2. The molecule has 0 bridgehead atoms. The third-order valence-electron chi connectivity index (χ3n) is 2.65. The summed E-state index contributed by atoms with van der Waals surface area (Å²) in [4.78, 5) is 13.3. The van der Waals surface area contributed by atoms with E-state index in [9.17, 15) is 4.79 Å². The first-order valence-electron chi connectivity index (χ1n) is 4.78. The van der Waals surface area contributed by atoms with Crippen LogP contribution >= 0.6 is 0 Å². The van der Waals surface area contributed by atoms with Crippen LogP contribution in [0.3, 0.4) is 0 Å². The fourth-order valence-corrected chi connectivity index (χ4v) is 1.67. The number of carbonyl (C=O) groups is 1. The van der Waals surface area contributed by atoms with Crippen LogP contribution in [0.4, 0.5) is 0 Å². The lowest BCUT2D eigenvalue weighted by atomic mass is 9.97. The Kier molecular flexibility index (Phi) is 3.27. The largest absolute Gasteiger partial charge is 0.354 e. The highest BCUT2D eigenvalue weighted by Gasteiger charge is 2.29. The van der Waals surface area contributed by atoms with Gasteiger partial charge < -0.3 is 11.1 Å². The maximum atomic E-state index is 11.1. The van der Waals surface area contributed by atoms with E-state index in [1.165, 1.54) is 0 Å². The van der Waals surface area contributed by atoms with Gasteiger partial charge in [0.15, 0.2) is 0 Å². The van der Waals surface area contributed by atoms with Gasteiger partial charge in [0.1, 0.15) is 0 Å². The number of carbonyl (C=O) groups excluding carboxylic acids is 1. The Bertz CT molecular complexity index is 191. The minimum absolute atomic E-state index is 0.0481. The maximum absolute atomic E-state index is 11.1. The highest BCUT2D eigenvalue weighted by Crippen LogP contribution is 2.18. The quantitative estimate of drug-likeness (QED) is 0.626. The summed E-state index contributed by atoms with van der Waals surface area (Å²) < 4.78 is 0. The summed E-state index contributed by atoms with van der Waals surface area (Å²) in [7, 11) is 0. The van der Waals surface area contributed by atoms with Gasteiger partial charge in [0.25, 0.3) is 0 Å². The molecule has 13 heavy (non-hydrogen) atoms. The predicted molar refractivity (Wildman–Crippen MR) is 52.3 cm³/mol. The monoisotopic (exact) mass is 185 g/mol. The average Bonchev–Trinajstić information content (AvgIpc) is 2.04. The van der Waals surface area contributed by atoms with Gasteiger partial charge in [-0.15, -0.1) is 0 Å². The Labute approximate surface area is 79.5 Å². The van der Waals surface area contributed by atoms with E-state index in [1.54, 1.807) is 0 Å². The molecule has 1 aliphatic rings. The number of nitrogens with zero attached hydrogens (tertiary/aromatic N) is 1. The van der Waals surface area contributed by atoms with Crippen LogP contribution in [0.2, 0.25) is 0 Å². The minimum Gasteiger partial charge on any atom is -0.354 e. The Morgan fingerprint density at radius 3 is 2.85 bits per heavy atom. The molecule has 0 saturated carbocycles. The molecule has 4 nitrogen and oxygen atoms in total. The number of nitrogens with two attached hydrogens (primary N) is 1. The number of nitrogens with one attached hydrogen (secondary N) is 1. The summed E-state index contributed by atoms with van der Waals surface area (Å²) in [5.41, 5.74) is 5.58. The molecule has 3 N–H and O–H groups in total. The molecular weight excluding hydrogens is 166 g/mol. The molecule has 0 radical (unpaired) electrons. The summed E-state index contributed by atoms with van der Waals surface area (Å²) in [6.45, 7) is 7.14. The van der Waals surface area contributed by atoms with Gasteiger partial charge in [0.2, 0.25) is 5.91 Å². The number of piperazine rings is 1. The highest BCUT2D eigenvalue weighted by molar-refractivity contribution is 5.78. The Morgan fingerprint density at radius 2 is 2.31 bits per heavy atom. The molecule has 1 rings (SSSR count). The van der Waals surface area contributed by atoms with Gasteiger partial charge >= 0.3 is 0 Å². The van der Waals surface area contributed by atoms with Gasteiger partial charge in [0.05, 0.1) is 6.54 Å². The second kappa shape index (κ2) is 4.07. The van der Waals surface area contributed by atoms with Crippen molar-refractivity contribution in [2.24, 2.45) is 5.73 Å². The van der Waals surface area contributed by atoms with E-state index in [1.807, 2.05) is 0 Å². The van der Waals surface area contributed by atoms with Gasteiger partial charge in [0, 0.05) is 18.6 Å². The van der Waals surface area contributed by atoms with Crippen molar-refractivity contribution in [2.45, 2.75) is 25.8 Å². The molecule has 0 aromatic heterocycles. The number of amides is 1. The molecule has 0 aliphatic carbocycles. The number of hydrogen-bond acceptors (Lipinski definition) is 3. The van der Waals surface area contributed by atoms with Crippen LogP contribution in [0, 0.1) is 0 Å². The Hall–Kier alpha value is -0.610. The van der Waals surface area contributed by atoms with E-state index in [2.05, 4.69) is 24.1 Å². The van der Waals surface area contributed by atoms with Crippen molar-refractivity contribution in [3.8, 4) is 0 Å². The lowest BCUT2D eigenvalue weighted by Gasteiger charge is -2.40. The van der Waals surface area contributed by atoms with Gasteiger partial charge in [-0.2, -0.15) is 0 Å². The van der Waals surface area contributed by atoms with Crippen molar-refractivity contribution in [1.29, 1.82) is 0 Å². The standard InChI is InChI=1S/C9H19N3O/c1-9(2,3-4-10)12-6-5-11-8(13)7-12/h3-7,10H2,1-2H3,(H,11,13). The van der Waals surface area contributed by atoms with E-state index in [0.717, 1.165) is 19.5 Å².